The molecule has 0 fully saturated rings. The van der Waals surface area contributed by atoms with Crippen molar-refractivity contribution in [3.8, 4) is 11.4 Å². The van der Waals surface area contributed by atoms with Crippen molar-refractivity contribution in [2.75, 3.05) is 0 Å². The first-order valence-corrected chi connectivity index (χ1v) is 4.78. The zero-order valence-corrected chi connectivity index (χ0v) is 9.03. The summed E-state index contributed by atoms with van der Waals surface area (Å²) in [5.41, 5.74) is -1.23. The monoisotopic (exact) mass is 258 g/mol. The fourth-order valence-corrected chi connectivity index (χ4v) is 1.28. The number of hydrogen-bond donors (Lipinski definition) is 0. The van der Waals surface area contributed by atoms with Crippen LogP contribution in [-0.4, -0.2) is 20.4 Å². The van der Waals surface area contributed by atoms with Gasteiger partial charge in [0.2, 0.25) is 5.82 Å². The molecule has 1 heterocycles. The first-order valence-electron chi connectivity index (χ1n) is 4.78. The van der Waals surface area contributed by atoms with Crippen LogP contribution in [0.2, 0.25) is 0 Å². The molecule has 0 spiro atoms. The number of aromatic nitrogens is 4. The third-order valence-electron chi connectivity index (χ3n) is 2.06. The van der Waals surface area contributed by atoms with E-state index in [1.807, 2.05) is 0 Å². The third kappa shape index (κ3) is 2.58. The van der Waals surface area contributed by atoms with E-state index in [1.54, 1.807) is 0 Å². The predicted octanol–water partition coefficient (Wildman–Crippen LogP) is 2.40. The Bertz CT molecular complexity index is 565. The first-order chi connectivity index (χ1) is 8.36. The van der Waals surface area contributed by atoms with E-state index in [-0.39, 0.29) is 17.2 Å². The van der Waals surface area contributed by atoms with Crippen LogP contribution in [0.15, 0.2) is 18.2 Å². The lowest BCUT2D eigenvalue weighted by atomic mass is 10.1. The average Bonchev–Trinajstić information content (AvgIpc) is 2.28. The van der Waals surface area contributed by atoms with Gasteiger partial charge in [-0.1, -0.05) is 0 Å². The number of rotatable bonds is 1. The highest BCUT2D eigenvalue weighted by atomic mass is 19.4. The van der Waals surface area contributed by atoms with Gasteiger partial charge in [0.15, 0.2) is 5.82 Å². The molecule has 2 aromatic rings. The van der Waals surface area contributed by atoms with E-state index >= 15 is 0 Å². The molecule has 0 atom stereocenters. The molecule has 0 saturated heterocycles. The Morgan fingerprint density at radius 1 is 0.944 bits per heavy atom. The number of benzene rings is 1. The Kier molecular flexibility index (Phi) is 2.93. The summed E-state index contributed by atoms with van der Waals surface area (Å²) in [6, 6.07) is 2.04. The fraction of sp³-hybridized carbons (Fsp3) is 0.200. The normalized spacial score (nSPS) is 11.6. The Morgan fingerprint density at radius 2 is 1.56 bits per heavy atom. The zero-order chi connectivity index (χ0) is 13.3. The molecule has 94 valence electrons. The van der Waals surface area contributed by atoms with Gasteiger partial charge in [-0.15, -0.1) is 20.4 Å². The standard InChI is InChI=1S/C10H6F4N4/c1-5-15-17-9(18-16-5)6-2-7(10(12,13)14)4-8(11)3-6/h2-4H,1H3. The SMILES string of the molecule is Cc1nnc(-c2cc(F)cc(C(F)(F)F)c2)nn1. The molecule has 0 saturated carbocycles. The van der Waals surface area contributed by atoms with Gasteiger partial charge in [-0.2, -0.15) is 13.2 Å². The van der Waals surface area contributed by atoms with Crippen LogP contribution in [0.25, 0.3) is 11.4 Å². The van der Waals surface area contributed by atoms with Gasteiger partial charge in [0, 0.05) is 5.56 Å². The summed E-state index contributed by atoms with van der Waals surface area (Å²) in [7, 11) is 0. The molecule has 0 radical (unpaired) electrons. The maximum atomic E-state index is 13.1. The van der Waals surface area contributed by atoms with Gasteiger partial charge in [-0.25, -0.2) is 4.39 Å². The minimum atomic E-state index is -4.64. The molecule has 18 heavy (non-hydrogen) atoms. The number of aryl methyl sites for hydroxylation is 1. The second kappa shape index (κ2) is 4.28. The lowest BCUT2D eigenvalue weighted by Gasteiger charge is -2.08. The van der Waals surface area contributed by atoms with E-state index in [9.17, 15) is 17.6 Å². The highest BCUT2D eigenvalue weighted by Gasteiger charge is 2.31. The van der Waals surface area contributed by atoms with Gasteiger partial charge in [0.1, 0.15) is 5.82 Å². The molecular weight excluding hydrogens is 252 g/mol. The quantitative estimate of drug-likeness (QED) is 0.737. The van der Waals surface area contributed by atoms with Crippen molar-refractivity contribution in [3.63, 3.8) is 0 Å². The molecule has 0 aliphatic carbocycles. The van der Waals surface area contributed by atoms with Crippen LogP contribution in [-0.2, 0) is 6.18 Å². The smallest absolute Gasteiger partial charge is 0.207 e. The molecule has 0 unspecified atom stereocenters. The summed E-state index contributed by atoms with van der Waals surface area (Å²) in [6.07, 6.45) is -4.64. The van der Waals surface area contributed by atoms with Crippen molar-refractivity contribution in [3.05, 3.63) is 35.4 Å². The molecule has 0 aliphatic rings. The van der Waals surface area contributed by atoms with Gasteiger partial charge >= 0.3 is 6.18 Å². The van der Waals surface area contributed by atoms with Gasteiger partial charge in [0.05, 0.1) is 5.56 Å². The second-order valence-corrected chi connectivity index (χ2v) is 3.50. The molecule has 1 aromatic carbocycles. The molecule has 0 amide bonds. The highest BCUT2D eigenvalue weighted by molar-refractivity contribution is 5.55. The maximum absolute atomic E-state index is 13.1. The van der Waals surface area contributed by atoms with E-state index in [4.69, 9.17) is 0 Å². The van der Waals surface area contributed by atoms with Crippen LogP contribution in [0.1, 0.15) is 11.4 Å². The van der Waals surface area contributed by atoms with Crippen molar-refractivity contribution < 1.29 is 17.6 Å². The highest BCUT2D eigenvalue weighted by Crippen LogP contribution is 2.32. The number of alkyl halides is 3. The lowest BCUT2D eigenvalue weighted by Crippen LogP contribution is -2.06. The Morgan fingerprint density at radius 3 is 2.11 bits per heavy atom. The fourth-order valence-electron chi connectivity index (χ4n) is 1.28. The van der Waals surface area contributed by atoms with Crippen molar-refractivity contribution >= 4 is 0 Å². The van der Waals surface area contributed by atoms with Crippen LogP contribution in [0, 0.1) is 12.7 Å². The largest absolute Gasteiger partial charge is 0.416 e. The summed E-state index contributed by atoms with van der Waals surface area (Å²) >= 11 is 0. The van der Waals surface area contributed by atoms with Crippen LogP contribution < -0.4 is 0 Å². The molecule has 0 aliphatic heterocycles. The summed E-state index contributed by atoms with van der Waals surface area (Å²) in [5.74, 6) is -0.916. The summed E-state index contributed by atoms with van der Waals surface area (Å²) in [4.78, 5) is 0. The minimum Gasteiger partial charge on any atom is -0.207 e. The Balaban J connectivity index is 2.52. The van der Waals surface area contributed by atoms with Crippen LogP contribution in [0.5, 0.6) is 0 Å². The van der Waals surface area contributed by atoms with Gasteiger partial charge in [-0.3, -0.25) is 0 Å². The molecule has 0 bridgehead atoms. The first kappa shape index (κ1) is 12.3. The summed E-state index contributed by atoms with van der Waals surface area (Å²) < 4.78 is 50.6. The van der Waals surface area contributed by atoms with Crippen molar-refractivity contribution in [1.29, 1.82) is 0 Å². The van der Waals surface area contributed by atoms with Crippen LogP contribution in [0.4, 0.5) is 17.6 Å². The molecular formula is C10H6F4N4. The minimum absolute atomic E-state index is 0.123. The van der Waals surface area contributed by atoms with E-state index < -0.39 is 17.6 Å². The van der Waals surface area contributed by atoms with Crippen molar-refractivity contribution in [1.82, 2.24) is 20.4 Å². The number of hydrogen-bond acceptors (Lipinski definition) is 4. The van der Waals surface area contributed by atoms with Crippen molar-refractivity contribution in [2.45, 2.75) is 13.1 Å². The average molecular weight is 258 g/mol. The lowest BCUT2D eigenvalue weighted by molar-refractivity contribution is -0.137. The predicted molar refractivity (Wildman–Crippen MR) is 52.8 cm³/mol. The van der Waals surface area contributed by atoms with Crippen LogP contribution >= 0.6 is 0 Å². The number of nitrogens with zero attached hydrogens (tertiary/aromatic N) is 4. The zero-order valence-electron chi connectivity index (χ0n) is 9.03. The maximum Gasteiger partial charge on any atom is 0.416 e. The van der Waals surface area contributed by atoms with Gasteiger partial charge in [-0.05, 0) is 25.1 Å². The molecule has 8 heteroatoms. The summed E-state index contributed by atoms with van der Waals surface area (Å²) in [6.45, 7) is 1.52. The topological polar surface area (TPSA) is 51.6 Å². The van der Waals surface area contributed by atoms with Gasteiger partial charge < -0.3 is 0 Å². The van der Waals surface area contributed by atoms with E-state index in [0.717, 1.165) is 12.1 Å². The van der Waals surface area contributed by atoms with Crippen LogP contribution in [0.3, 0.4) is 0 Å². The summed E-state index contributed by atoms with van der Waals surface area (Å²) in [5, 5.41) is 14.2. The molecule has 1 aromatic heterocycles. The molecule has 2 rings (SSSR count). The second-order valence-electron chi connectivity index (χ2n) is 3.50. The van der Waals surface area contributed by atoms with Crippen molar-refractivity contribution in [2.24, 2.45) is 0 Å². The van der Waals surface area contributed by atoms with E-state index in [2.05, 4.69) is 20.4 Å². The van der Waals surface area contributed by atoms with Gasteiger partial charge in [0.25, 0.3) is 0 Å². The van der Waals surface area contributed by atoms with E-state index in [1.165, 1.54) is 6.92 Å². The molecule has 4 nitrogen and oxygen atoms in total. The van der Waals surface area contributed by atoms with E-state index in [0.29, 0.717) is 6.07 Å². The third-order valence-corrected chi connectivity index (χ3v) is 2.06. The number of halogens is 4. The molecule has 0 N–H and O–H groups in total. The Hall–Kier alpha value is -2.12. The Labute approximate surface area is 98.7 Å².